The van der Waals surface area contributed by atoms with Gasteiger partial charge in [-0.25, -0.2) is 9.97 Å². The Morgan fingerprint density at radius 2 is 1.97 bits per heavy atom. The van der Waals surface area contributed by atoms with Gasteiger partial charge in [0.15, 0.2) is 10.3 Å². The molecule has 4 aliphatic rings. The van der Waals surface area contributed by atoms with Gasteiger partial charge >= 0.3 is 0 Å². The Balaban J connectivity index is 1.13. The third kappa shape index (κ3) is 3.48. The second-order valence-electron chi connectivity index (χ2n) is 9.09. The Labute approximate surface area is 193 Å². The van der Waals surface area contributed by atoms with Crippen molar-refractivity contribution in [3.8, 4) is 0 Å². The molecule has 2 amide bonds. The maximum absolute atomic E-state index is 13.1. The molecule has 0 bridgehead atoms. The molecule has 4 heterocycles. The van der Waals surface area contributed by atoms with Crippen LogP contribution in [0.4, 0.5) is 5.13 Å². The topological polar surface area (TPSA) is 97.2 Å². The van der Waals surface area contributed by atoms with E-state index in [1.54, 1.807) is 16.3 Å². The van der Waals surface area contributed by atoms with Crippen molar-refractivity contribution in [3.63, 3.8) is 0 Å². The van der Waals surface area contributed by atoms with Crippen LogP contribution in [0.1, 0.15) is 60.0 Å². The van der Waals surface area contributed by atoms with Crippen LogP contribution in [0.2, 0.25) is 0 Å². The minimum Gasteiger partial charge on any atom is -0.337 e. The van der Waals surface area contributed by atoms with E-state index in [1.165, 1.54) is 11.3 Å². The Morgan fingerprint density at radius 3 is 2.78 bits per heavy atom. The summed E-state index contributed by atoms with van der Waals surface area (Å²) in [5.41, 5.74) is 2.84. The molecule has 168 valence electrons. The number of amides is 2. The molecule has 0 radical (unpaired) electrons. The fraction of sp³-hybridized carbons (Fsp3) is 0.591. The van der Waals surface area contributed by atoms with Crippen molar-refractivity contribution in [2.24, 2.45) is 5.92 Å². The first-order valence-corrected chi connectivity index (χ1v) is 13.2. The van der Waals surface area contributed by atoms with Crippen molar-refractivity contribution in [2.45, 2.75) is 69.1 Å². The number of thiazole rings is 1. The van der Waals surface area contributed by atoms with E-state index in [4.69, 9.17) is 4.98 Å². The normalized spacial score (nSPS) is 21.6. The van der Waals surface area contributed by atoms with Crippen LogP contribution in [0, 0.1) is 5.92 Å². The van der Waals surface area contributed by atoms with Crippen LogP contribution in [0.25, 0.3) is 0 Å². The minimum atomic E-state index is -0.131. The monoisotopic (exact) mass is 471 g/mol. The minimum absolute atomic E-state index is 0.0560. The Morgan fingerprint density at radius 1 is 1.09 bits per heavy atom. The fourth-order valence-corrected chi connectivity index (χ4v) is 7.15. The molecule has 32 heavy (non-hydrogen) atoms. The summed E-state index contributed by atoms with van der Waals surface area (Å²) >= 11 is 3.06. The zero-order valence-corrected chi connectivity index (χ0v) is 19.4. The predicted octanol–water partition coefficient (Wildman–Crippen LogP) is 2.55. The van der Waals surface area contributed by atoms with E-state index in [0.29, 0.717) is 36.8 Å². The molecule has 1 fully saturated rings. The van der Waals surface area contributed by atoms with Crippen LogP contribution in [-0.4, -0.2) is 43.5 Å². The maximum atomic E-state index is 13.1. The quantitative estimate of drug-likeness (QED) is 0.689. The molecule has 10 heteroatoms. The van der Waals surface area contributed by atoms with Gasteiger partial charge in [-0.05, 0) is 32.1 Å². The number of carbonyl (C=O) groups is 2. The van der Waals surface area contributed by atoms with Crippen molar-refractivity contribution in [1.29, 1.82) is 0 Å². The highest BCUT2D eigenvalue weighted by Gasteiger charge is 2.33. The molecule has 0 spiro atoms. The van der Waals surface area contributed by atoms with Gasteiger partial charge in [0.1, 0.15) is 0 Å². The molecule has 0 aromatic carbocycles. The molecule has 2 aromatic rings. The number of hydrogen-bond donors (Lipinski definition) is 1. The van der Waals surface area contributed by atoms with E-state index in [2.05, 4.69) is 10.3 Å². The number of fused-ring (bicyclic) bond motifs is 3. The largest absolute Gasteiger partial charge is 0.337 e. The number of hydrogen-bond acceptors (Lipinski definition) is 7. The average Bonchev–Trinajstić information content (AvgIpc) is 3.44. The van der Waals surface area contributed by atoms with Gasteiger partial charge in [0, 0.05) is 41.5 Å². The number of carbonyl (C=O) groups excluding carboxylic acids is 2. The molecule has 2 aliphatic heterocycles. The first kappa shape index (κ1) is 20.4. The highest BCUT2D eigenvalue weighted by Crippen LogP contribution is 2.35. The van der Waals surface area contributed by atoms with E-state index in [0.717, 1.165) is 65.5 Å². The molecule has 2 aromatic heterocycles. The van der Waals surface area contributed by atoms with Gasteiger partial charge in [0.25, 0.3) is 5.56 Å². The Hall–Kier alpha value is -2.20. The first-order valence-electron chi connectivity index (χ1n) is 11.4. The van der Waals surface area contributed by atoms with Gasteiger partial charge in [0.05, 0.1) is 24.0 Å². The standard InChI is InChI=1S/C22H25N5O3S2/c28-18(9-13-11-31-22-24-15-6-2-5-14(15)20(30)27(13)22)26-8-7-16-17(10-26)32-21(23-16)25-19(29)12-3-1-4-12/h12-13H,1-11H2,(H,23,25,29). The van der Waals surface area contributed by atoms with Crippen LogP contribution in [0.5, 0.6) is 0 Å². The van der Waals surface area contributed by atoms with Crippen molar-refractivity contribution in [3.05, 3.63) is 32.2 Å². The number of rotatable bonds is 4. The zero-order chi connectivity index (χ0) is 21.8. The number of aromatic nitrogens is 3. The van der Waals surface area contributed by atoms with E-state index in [-0.39, 0.29) is 29.3 Å². The highest BCUT2D eigenvalue weighted by molar-refractivity contribution is 7.99. The summed E-state index contributed by atoms with van der Waals surface area (Å²) in [5.74, 6) is 0.974. The molecule has 2 aliphatic carbocycles. The number of aryl methyl sites for hydroxylation is 1. The van der Waals surface area contributed by atoms with Gasteiger partial charge in [-0.1, -0.05) is 29.5 Å². The molecular weight excluding hydrogens is 446 g/mol. The van der Waals surface area contributed by atoms with E-state index in [9.17, 15) is 14.4 Å². The molecular formula is C22H25N5O3S2. The second kappa shape index (κ2) is 7.98. The summed E-state index contributed by atoms with van der Waals surface area (Å²) in [6, 6.07) is -0.131. The van der Waals surface area contributed by atoms with Crippen molar-refractivity contribution in [2.75, 3.05) is 17.6 Å². The lowest BCUT2D eigenvalue weighted by atomic mass is 9.85. The fourth-order valence-electron chi connectivity index (χ4n) is 4.97. The molecule has 1 N–H and O–H groups in total. The highest BCUT2D eigenvalue weighted by atomic mass is 32.2. The molecule has 6 rings (SSSR count). The predicted molar refractivity (Wildman–Crippen MR) is 122 cm³/mol. The van der Waals surface area contributed by atoms with Gasteiger partial charge in [-0.3, -0.25) is 19.0 Å². The number of thioether (sulfide) groups is 1. The average molecular weight is 472 g/mol. The number of anilines is 1. The van der Waals surface area contributed by atoms with Gasteiger partial charge in [-0.2, -0.15) is 0 Å². The van der Waals surface area contributed by atoms with Crippen molar-refractivity contribution >= 4 is 40.0 Å². The smallest absolute Gasteiger partial charge is 0.257 e. The molecule has 1 atom stereocenters. The van der Waals surface area contributed by atoms with Crippen LogP contribution in [0.15, 0.2) is 9.95 Å². The summed E-state index contributed by atoms with van der Waals surface area (Å²) in [7, 11) is 0. The third-order valence-corrected chi connectivity index (χ3v) is 9.17. The lowest BCUT2D eigenvalue weighted by Gasteiger charge is -2.27. The Kier molecular flexibility index (Phi) is 5.09. The van der Waals surface area contributed by atoms with E-state index < -0.39 is 0 Å². The van der Waals surface area contributed by atoms with Crippen LogP contribution in [0.3, 0.4) is 0 Å². The molecule has 0 saturated heterocycles. The summed E-state index contributed by atoms with van der Waals surface area (Å²) in [6.45, 7) is 1.14. The summed E-state index contributed by atoms with van der Waals surface area (Å²) in [5, 5.41) is 4.37. The SMILES string of the molecule is O=C(Nc1nc2c(s1)CN(C(=O)CC1CSc3nc4c(c(=O)n31)CCC4)CC2)C1CCC1. The third-order valence-electron chi connectivity index (χ3n) is 7.07. The van der Waals surface area contributed by atoms with Crippen LogP contribution in [-0.2, 0) is 35.4 Å². The van der Waals surface area contributed by atoms with Gasteiger partial charge in [0.2, 0.25) is 11.8 Å². The van der Waals surface area contributed by atoms with Crippen LogP contribution >= 0.6 is 23.1 Å². The molecule has 8 nitrogen and oxygen atoms in total. The first-order chi connectivity index (χ1) is 15.6. The summed E-state index contributed by atoms with van der Waals surface area (Å²) < 4.78 is 1.77. The van der Waals surface area contributed by atoms with Crippen molar-refractivity contribution < 1.29 is 9.59 Å². The van der Waals surface area contributed by atoms with Crippen LogP contribution < -0.4 is 10.9 Å². The summed E-state index contributed by atoms with van der Waals surface area (Å²) in [4.78, 5) is 50.6. The van der Waals surface area contributed by atoms with E-state index in [1.807, 2.05) is 4.90 Å². The lowest BCUT2D eigenvalue weighted by Crippen LogP contribution is -2.38. The van der Waals surface area contributed by atoms with Crippen molar-refractivity contribution in [1.82, 2.24) is 19.4 Å². The number of nitrogens with one attached hydrogen (secondary N) is 1. The van der Waals surface area contributed by atoms with E-state index >= 15 is 0 Å². The second-order valence-corrected chi connectivity index (χ2v) is 11.2. The maximum Gasteiger partial charge on any atom is 0.257 e. The zero-order valence-electron chi connectivity index (χ0n) is 17.8. The number of nitrogens with zero attached hydrogens (tertiary/aromatic N) is 4. The Bertz CT molecular complexity index is 1170. The lowest BCUT2D eigenvalue weighted by molar-refractivity contribution is -0.132. The molecule has 1 saturated carbocycles. The van der Waals surface area contributed by atoms with Gasteiger partial charge in [-0.15, -0.1) is 0 Å². The summed E-state index contributed by atoms with van der Waals surface area (Å²) in [6.07, 6.45) is 6.74. The molecule has 1 unspecified atom stereocenters. The van der Waals surface area contributed by atoms with Gasteiger partial charge < -0.3 is 10.2 Å².